The predicted molar refractivity (Wildman–Crippen MR) is 62.9 cm³/mol. The standard InChI is InChI=1S/C10H14O.C3H8/c1-8(2)11-10-7-5-4-6-9(10)3;1-3-2/h4-8H,1-3H3;3H2,1-2H3. The van der Waals surface area contributed by atoms with E-state index in [1.807, 2.05) is 32.0 Å². The molecule has 0 atom stereocenters. The molecular formula is C13H22O. The first kappa shape index (κ1) is 13.0. The summed E-state index contributed by atoms with van der Waals surface area (Å²) in [6, 6.07) is 8.06. The zero-order valence-corrected chi connectivity index (χ0v) is 10.0. The van der Waals surface area contributed by atoms with Gasteiger partial charge in [-0.25, -0.2) is 0 Å². The molecule has 0 aliphatic rings. The topological polar surface area (TPSA) is 9.23 Å². The molecule has 14 heavy (non-hydrogen) atoms. The van der Waals surface area contributed by atoms with Crippen molar-refractivity contribution in [2.75, 3.05) is 0 Å². The van der Waals surface area contributed by atoms with Crippen molar-refractivity contribution in [1.29, 1.82) is 0 Å². The summed E-state index contributed by atoms with van der Waals surface area (Å²) in [5.74, 6) is 0.988. The summed E-state index contributed by atoms with van der Waals surface area (Å²) < 4.78 is 5.54. The maximum Gasteiger partial charge on any atom is 0.122 e. The van der Waals surface area contributed by atoms with Gasteiger partial charge in [-0.2, -0.15) is 0 Å². The molecule has 0 unspecified atom stereocenters. The molecule has 0 spiro atoms. The van der Waals surface area contributed by atoms with Crippen LogP contribution in [0.1, 0.15) is 39.7 Å². The third kappa shape index (κ3) is 5.63. The average molecular weight is 194 g/mol. The second kappa shape index (κ2) is 7.43. The lowest BCUT2D eigenvalue weighted by Crippen LogP contribution is -2.06. The van der Waals surface area contributed by atoms with E-state index in [1.54, 1.807) is 0 Å². The van der Waals surface area contributed by atoms with E-state index >= 15 is 0 Å². The molecule has 1 aromatic carbocycles. The Bertz CT molecular complexity index is 241. The van der Waals surface area contributed by atoms with Gasteiger partial charge in [-0.3, -0.25) is 0 Å². The molecule has 1 aromatic rings. The first-order chi connectivity index (χ1) is 6.61. The summed E-state index contributed by atoms with van der Waals surface area (Å²) in [6.07, 6.45) is 1.51. The van der Waals surface area contributed by atoms with Crippen LogP contribution in [0.4, 0.5) is 0 Å². The molecule has 0 bridgehead atoms. The summed E-state index contributed by atoms with van der Waals surface area (Å²) >= 11 is 0. The second-order valence-electron chi connectivity index (χ2n) is 3.64. The highest BCUT2D eigenvalue weighted by Gasteiger charge is 1.98. The fourth-order valence-corrected chi connectivity index (χ4v) is 0.943. The minimum absolute atomic E-state index is 0.260. The van der Waals surface area contributed by atoms with Crippen molar-refractivity contribution in [2.45, 2.75) is 47.1 Å². The fourth-order valence-electron chi connectivity index (χ4n) is 0.943. The Labute approximate surface area is 88.1 Å². The van der Waals surface area contributed by atoms with E-state index in [4.69, 9.17) is 4.74 Å². The molecule has 0 aromatic heterocycles. The van der Waals surface area contributed by atoms with Crippen LogP contribution in [-0.4, -0.2) is 6.10 Å². The van der Waals surface area contributed by atoms with E-state index in [1.165, 1.54) is 12.0 Å². The summed E-state index contributed by atoms with van der Waals surface area (Å²) in [5.41, 5.74) is 1.20. The van der Waals surface area contributed by atoms with Crippen LogP contribution in [0.25, 0.3) is 0 Å². The molecule has 0 heterocycles. The predicted octanol–water partition coefficient (Wildman–Crippen LogP) is 4.20. The van der Waals surface area contributed by atoms with E-state index in [9.17, 15) is 0 Å². The van der Waals surface area contributed by atoms with Gasteiger partial charge in [0.1, 0.15) is 5.75 Å². The van der Waals surface area contributed by atoms with Gasteiger partial charge in [0, 0.05) is 0 Å². The Morgan fingerprint density at radius 2 is 1.64 bits per heavy atom. The van der Waals surface area contributed by atoms with Gasteiger partial charge in [0.25, 0.3) is 0 Å². The molecule has 0 amide bonds. The van der Waals surface area contributed by atoms with Crippen molar-refractivity contribution >= 4 is 0 Å². The lowest BCUT2D eigenvalue weighted by Gasteiger charge is -2.11. The highest BCUT2D eigenvalue weighted by molar-refractivity contribution is 5.31. The van der Waals surface area contributed by atoms with Crippen LogP contribution in [-0.2, 0) is 0 Å². The van der Waals surface area contributed by atoms with Gasteiger partial charge in [-0.15, -0.1) is 0 Å². The smallest absolute Gasteiger partial charge is 0.122 e. The van der Waals surface area contributed by atoms with E-state index in [-0.39, 0.29) is 6.10 Å². The zero-order valence-electron chi connectivity index (χ0n) is 10.0. The highest BCUT2D eigenvalue weighted by Crippen LogP contribution is 2.17. The first-order valence-electron chi connectivity index (χ1n) is 5.34. The number of hydrogen-bond acceptors (Lipinski definition) is 1. The third-order valence-electron chi connectivity index (χ3n) is 1.46. The molecule has 80 valence electrons. The van der Waals surface area contributed by atoms with Crippen molar-refractivity contribution in [2.24, 2.45) is 0 Å². The Morgan fingerprint density at radius 3 is 2.07 bits per heavy atom. The van der Waals surface area contributed by atoms with Crippen molar-refractivity contribution < 1.29 is 4.74 Å². The Morgan fingerprint density at radius 1 is 1.14 bits per heavy atom. The van der Waals surface area contributed by atoms with Gasteiger partial charge in [0.2, 0.25) is 0 Å². The average Bonchev–Trinajstić information content (AvgIpc) is 2.09. The number of hydrogen-bond donors (Lipinski definition) is 0. The molecule has 0 fully saturated rings. The molecule has 1 nitrogen and oxygen atoms in total. The van der Waals surface area contributed by atoms with Crippen molar-refractivity contribution in [3.63, 3.8) is 0 Å². The summed E-state index contributed by atoms with van der Waals surface area (Å²) in [6.45, 7) is 10.4. The number of benzene rings is 1. The first-order valence-corrected chi connectivity index (χ1v) is 5.34. The molecule has 1 heteroatoms. The van der Waals surface area contributed by atoms with Crippen LogP contribution in [0.2, 0.25) is 0 Å². The highest BCUT2D eigenvalue weighted by atomic mass is 16.5. The summed E-state index contributed by atoms with van der Waals surface area (Å²) in [5, 5.41) is 0. The number of rotatable bonds is 2. The minimum Gasteiger partial charge on any atom is -0.491 e. The molecule has 0 aliphatic carbocycles. The number of aryl methyl sites for hydroxylation is 1. The normalized spacial score (nSPS) is 9.29. The second-order valence-corrected chi connectivity index (χ2v) is 3.64. The number of para-hydroxylation sites is 1. The van der Waals surface area contributed by atoms with Crippen LogP contribution < -0.4 is 4.74 Å². The van der Waals surface area contributed by atoms with Crippen LogP contribution in [0.3, 0.4) is 0 Å². The molecule has 0 saturated carbocycles. The maximum absolute atomic E-state index is 5.54. The molecule has 0 N–H and O–H groups in total. The third-order valence-corrected chi connectivity index (χ3v) is 1.46. The van der Waals surface area contributed by atoms with E-state index < -0.39 is 0 Å². The zero-order chi connectivity index (χ0) is 11.0. The molecule has 0 saturated heterocycles. The van der Waals surface area contributed by atoms with Gasteiger partial charge in [0.05, 0.1) is 6.10 Å². The van der Waals surface area contributed by atoms with Crippen molar-refractivity contribution in [3.8, 4) is 5.75 Å². The van der Waals surface area contributed by atoms with Gasteiger partial charge in [0.15, 0.2) is 0 Å². The van der Waals surface area contributed by atoms with Crippen molar-refractivity contribution in [1.82, 2.24) is 0 Å². The lowest BCUT2D eigenvalue weighted by atomic mass is 10.2. The molecule has 1 rings (SSSR count). The molecule has 0 aliphatic heterocycles. The van der Waals surface area contributed by atoms with E-state index in [0.29, 0.717) is 0 Å². The van der Waals surface area contributed by atoms with Crippen LogP contribution in [0, 0.1) is 6.92 Å². The fraction of sp³-hybridized carbons (Fsp3) is 0.538. The van der Waals surface area contributed by atoms with E-state index in [2.05, 4.69) is 26.8 Å². The van der Waals surface area contributed by atoms with Crippen LogP contribution in [0.15, 0.2) is 24.3 Å². The van der Waals surface area contributed by atoms with Crippen LogP contribution >= 0.6 is 0 Å². The lowest BCUT2D eigenvalue weighted by molar-refractivity contribution is 0.241. The van der Waals surface area contributed by atoms with Gasteiger partial charge < -0.3 is 4.74 Å². The van der Waals surface area contributed by atoms with Gasteiger partial charge >= 0.3 is 0 Å². The Hall–Kier alpha value is -0.980. The van der Waals surface area contributed by atoms with Gasteiger partial charge in [-0.1, -0.05) is 38.5 Å². The summed E-state index contributed by atoms with van der Waals surface area (Å²) in [7, 11) is 0. The quantitative estimate of drug-likeness (QED) is 0.685. The monoisotopic (exact) mass is 194 g/mol. The minimum atomic E-state index is 0.260. The SMILES string of the molecule is CCC.Cc1ccccc1OC(C)C. The maximum atomic E-state index is 5.54. The molecule has 0 radical (unpaired) electrons. The summed E-state index contributed by atoms with van der Waals surface area (Å²) in [4.78, 5) is 0. The Kier molecular flexibility index (Phi) is 6.91. The molecular weight excluding hydrogens is 172 g/mol. The number of ether oxygens (including phenoxy) is 1. The Balaban J connectivity index is 0.000000500. The van der Waals surface area contributed by atoms with Crippen LogP contribution in [0.5, 0.6) is 5.75 Å². The van der Waals surface area contributed by atoms with Gasteiger partial charge in [-0.05, 0) is 32.4 Å². The van der Waals surface area contributed by atoms with Crippen molar-refractivity contribution in [3.05, 3.63) is 29.8 Å². The largest absolute Gasteiger partial charge is 0.491 e. The van der Waals surface area contributed by atoms with E-state index in [0.717, 1.165) is 5.75 Å².